The third-order valence-electron chi connectivity index (χ3n) is 3.32. The summed E-state index contributed by atoms with van der Waals surface area (Å²) in [6, 6.07) is 4.82. The number of benzene rings is 1. The summed E-state index contributed by atoms with van der Waals surface area (Å²) in [5.41, 5.74) is 0.519. The molecule has 1 rings (SSSR count). The summed E-state index contributed by atoms with van der Waals surface area (Å²) >= 11 is 0. The molecule has 2 nitrogen and oxygen atoms in total. The molecule has 0 saturated carbocycles. The topological polar surface area (TPSA) is 40.5 Å². The van der Waals surface area contributed by atoms with E-state index in [1.54, 1.807) is 18.2 Å². The fraction of sp³-hybridized carbons (Fsp3) is 0.529. The third kappa shape index (κ3) is 6.32. The first-order valence-electron chi connectivity index (χ1n) is 7.43. The SMILES string of the molecule is CCCCCCCCCC=Cc1c(O)cccc1O. The molecule has 0 unspecified atom stereocenters. The van der Waals surface area contributed by atoms with Crippen LogP contribution in [0.15, 0.2) is 24.3 Å². The summed E-state index contributed by atoms with van der Waals surface area (Å²) in [5, 5.41) is 19.2. The van der Waals surface area contributed by atoms with Crippen LogP contribution in [0, 0.1) is 0 Å². The number of unbranched alkanes of at least 4 members (excludes halogenated alkanes) is 7. The van der Waals surface area contributed by atoms with Gasteiger partial charge in [-0.2, -0.15) is 0 Å². The van der Waals surface area contributed by atoms with Crippen molar-refractivity contribution >= 4 is 6.08 Å². The fourth-order valence-electron chi connectivity index (χ4n) is 2.13. The summed E-state index contributed by atoms with van der Waals surface area (Å²) in [6.45, 7) is 2.24. The van der Waals surface area contributed by atoms with E-state index in [0.717, 1.165) is 6.42 Å². The van der Waals surface area contributed by atoms with Gasteiger partial charge in [0.15, 0.2) is 0 Å². The van der Waals surface area contributed by atoms with E-state index in [2.05, 4.69) is 6.92 Å². The Morgan fingerprint density at radius 1 is 0.895 bits per heavy atom. The first-order valence-corrected chi connectivity index (χ1v) is 7.43. The maximum absolute atomic E-state index is 9.60. The minimum atomic E-state index is 0.135. The van der Waals surface area contributed by atoms with Gasteiger partial charge in [0.1, 0.15) is 11.5 Å². The van der Waals surface area contributed by atoms with E-state index in [1.165, 1.54) is 44.9 Å². The Balaban J connectivity index is 2.17. The van der Waals surface area contributed by atoms with Gasteiger partial charge in [0, 0.05) is 0 Å². The summed E-state index contributed by atoms with van der Waals surface area (Å²) in [6.07, 6.45) is 14.0. The van der Waals surface area contributed by atoms with Gasteiger partial charge in [-0.25, -0.2) is 0 Å². The molecule has 0 aromatic heterocycles. The molecule has 19 heavy (non-hydrogen) atoms. The van der Waals surface area contributed by atoms with Gasteiger partial charge in [0.2, 0.25) is 0 Å². The van der Waals surface area contributed by atoms with E-state index in [-0.39, 0.29) is 11.5 Å². The Morgan fingerprint density at radius 2 is 1.47 bits per heavy atom. The number of hydrogen-bond acceptors (Lipinski definition) is 2. The molecule has 0 amide bonds. The molecular weight excluding hydrogens is 236 g/mol. The first kappa shape index (κ1) is 15.6. The molecule has 2 N–H and O–H groups in total. The van der Waals surface area contributed by atoms with Gasteiger partial charge < -0.3 is 10.2 Å². The molecule has 106 valence electrons. The maximum Gasteiger partial charge on any atom is 0.126 e. The van der Waals surface area contributed by atoms with Crippen molar-refractivity contribution in [2.75, 3.05) is 0 Å². The number of aromatic hydroxyl groups is 2. The van der Waals surface area contributed by atoms with Gasteiger partial charge in [-0.05, 0) is 25.0 Å². The average molecular weight is 262 g/mol. The summed E-state index contributed by atoms with van der Waals surface area (Å²) < 4.78 is 0. The van der Waals surface area contributed by atoms with Crippen molar-refractivity contribution in [1.29, 1.82) is 0 Å². The van der Waals surface area contributed by atoms with Gasteiger partial charge in [-0.15, -0.1) is 0 Å². The monoisotopic (exact) mass is 262 g/mol. The number of phenolic OH excluding ortho intramolecular Hbond substituents is 2. The van der Waals surface area contributed by atoms with Crippen LogP contribution in [-0.2, 0) is 0 Å². The molecule has 0 aliphatic carbocycles. The van der Waals surface area contributed by atoms with E-state index in [1.807, 2.05) is 12.2 Å². The minimum Gasteiger partial charge on any atom is -0.507 e. The molecule has 0 bridgehead atoms. The van der Waals surface area contributed by atoms with Crippen molar-refractivity contribution < 1.29 is 10.2 Å². The predicted molar refractivity (Wildman–Crippen MR) is 81.4 cm³/mol. The summed E-state index contributed by atoms with van der Waals surface area (Å²) in [7, 11) is 0. The van der Waals surface area contributed by atoms with Crippen LogP contribution in [0.2, 0.25) is 0 Å². The normalized spacial score (nSPS) is 11.2. The Kier molecular flexibility index (Phi) is 7.80. The van der Waals surface area contributed by atoms with Crippen LogP contribution in [0.4, 0.5) is 0 Å². The molecule has 0 spiro atoms. The predicted octanol–water partition coefficient (Wildman–Crippen LogP) is 5.25. The highest BCUT2D eigenvalue weighted by atomic mass is 16.3. The van der Waals surface area contributed by atoms with Crippen molar-refractivity contribution in [3.8, 4) is 11.5 Å². The summed E-state index contributed by atoms with van der Waals surface area (Å²) in [4.78, 5) is 0. The lowest BCUT2D eigenvalue weighted by molar-refractivity contribution is 0.448. The third-order valence-corrected chi connectivity index (χ3v) is 3.32. The fourth-order valence-corrected chi connectivity index (χ4v) is 2.13. The van der Waals surface area contributed by atoms with Crippen LogP contribution in [0.25, 0.3) is 6.08 Å². The molecule has 0 atom stereocenters. The van der Waals surface area contributed by atoms with E-state index >= 15 is 0 Å². The second-order valence-corrected chi connectivity index (χ2v) is 5.02. The number of rotatable bonds is 9. The molecule has 0 fully saturated rings. The number of hydrogen-bond donors (Lipinski definition) is 2. The van der Waals surface area contributed by atoms with E-state index < -0.39 is 0 Å². The minimum absolute atomic E-state index is 0.135. The Bertz CT molecular complexity index is 363. The average Bonchev–Trinajstić information content (AvgIpc) is 2.40. The van der Waals surface area contributed by atoms with Crippen LogP contribution in [0.1, 0.15) is 63.9 Å². The maximum atomic E-state index is 9.60. The van der Waals surface area contributed by atoms with Crippen molar-refractivity contribution in [3.63, 3.8) is 0 Å². The Labute approximate surface area is 116 Å². The van der Waals surface area contributed by atoms with E-state index in [9.17, 15) is 10.2 Å². The molecule has 0 aliphatic rings. The van der Waals surface area contributed by atoms with Gasteiger partial charge >= 0.3 is 0 Å². The van der Waals surface area contributed by atoms with Crippen molar-refractivity contribution in [3.05, 3.63) is 29.8 Å². The molecule has 0 aliphatic heterocycles. The lowest BCUT2D eigenvalue weighted by atomic mass is 10.1. The Hall–Kier alpha value is -1.44. The highest BCUT2D eigenvalue weighted by molar-refractivity contribution is 5.63. The van der Waals surface area contributed by atoms with Crippen LogP contribution >= 0.6 is 0 Å². The second-order valence-electron chi connectivity index (χ2n) is 5.02. The van der Waals surface area contributed by atoms with E-state index in [0.29, 0.717) is 5.56 Å². The highest BCUT2D eigenvalue weighted by Gasteiger charge is 2.01. The molecule has 2 heteroatoms. The van der Waals surface area contributed by atoms with Crippen LogP contribution in [-0.4, -0.2) is 10.2 Å². The number of allylic oxidation sites excluding steroid dienone is 1. The molecule has 0 radical (unpaired) electrons. The zero-order valence-electron chi connectivity index (χ0n) is 11.9. The highest BCUT2D eigenvalue weighted by Crippen LogP contribution is 2.27. The molecular formula is C17H26O2. The lowest BCUT2D eigenvalue weighted by Crippen LogP contribution is -1.79. The van der Waals surface area contributed by atoms with E-state index in [4.69, 9.17) is 0 Å². The molecule has 1 aromatic rings. The smallest absolute Gasteiger partial charge is 0.126 e. The van der Waals surface area contributed by atoms with Crippen molar-refractivity contribution in [2.24, 2.45) is 0 Å². The van der Waals surface area contributed by atoms with Crippen molar-refractivity contribution in [2.45, 2.75) is 58.3 Å². The largest absolute Gasteiger partial charge is 0.507 e. The summed E-state index contributed by atoms with van der Waals surface area (Å²) in [5.74, 6) is 0.270. The molecule has 1 aromatic carbocycles. The molecule has 0 heterocycles. The van der Waals surface area contributed by atoms with Crippen molar-refractivity contribution in [1.82, 2.24) is 0 Å². The molecule has 0 saturated heterocycles. The first-order chi connectivity index (χ1) is 9.25. The zero-order chi connectivity index (χ0) is 13.9. The van der Waals surface area contributed by atoms with Gasteiger partial charge in [-0.3, -0.25) is 0 Å². The quantitative estimate of drug-likeness (QED) is 0.596. The van der Waals surface area contributed by atoms with Crippen LogP contribution < -0.4 is 0 Å². The zero-order valence-corrected chi connectivity index (χ0v) is 11.9. The van der Waals surface area contributed by atoms with Gasteiger partial charge in [0.05, 0.1) is 5.56 Å². The lowest BCUT2D eigenvalue weighted by Gasteiger charge is -2.02. The second kappa shape index (κ2) is 9.48. The van der Waals surface area contributed by atoms with Gasteiger partial charge in [0.25, 0.3) is 0 Å². The van der Waals surface area contributed by atoms with Gasteiger partial charge in [-0.1, -0.05) is 63.7 Å². The standard InChI is InChI=1S/C17H26O2/c1-2-3-4-5-6-7-8-9-10-12-15-16(18)13-11-14-17(15)19/h10-14,18-19H,2-9H2,1H3. The Morgan fingerprint density at radius 3 is 2.11 bits per heavy atom. The van der Waals surface area contributed by atoms with Crippen LogP contribution in [0.3, 0.4) is 0 Å². The van der Waals surface area contributed by atoms with Crippen LogP contribution in [0.5, 0.6) is 11.5 Å². The number of phenols is 2.